The van der Waals surface area contributed by atoms with Crippen LogP contribution in [0.2, 0.25) is 0 Å². The Balaban J connectivity index is 1.93. The standard InChI is InChI=1S/C14H18N2O3/c1-9-6-12(16(18)19)4-5-14(9)15-10-2-3-11(15)8-13(17)7-10/h4-6,10-11,13,17H,2-3,7-8H2,1H3. The lowest BCUT2D eigenvalue weighted by Crippen LogP contribution is -2.45. The minimum atomic E-state index is -0.356. The molecule has 1 N–H and O–H groups in total. The molecule has 2 fully saturated rings. The van der Waals surface area contributed by atoms with E-state index in [-0.39, 0.29) is 16.7 Å². The fraction of sp³-hybridized carbons (Fsp3) is 0.571. The maximum absolute atomic E-state index is 10.8. The lowest BCUT2D eigenvalue weighted by atomic mass is 9.98. The van der Waals surface area contributed by atoms with Crippen molar-refractivity contribution >= 4 is 11.4 Å². The van der Waals surface area contributed by atoms with Crippen molar-refractivity contribution in [2.45, 2.75) is 50.8 Å². The van der Waals surface area contributed by atoms with Crippen LogP contribution in [0.25, 0.3) is 0 Å². The summed E-state index contributed by atoms with van der Waals surface area (Å²) in [7, 11) is 0. The van der Waals surface area contributed by atoms with Gasteiger partial charge in [-0.05, 0) is 44.2 Å². The van der Waals surface area contributed by atoms with Gasteiger partial charge in [0, 0.05) is 29.9 Å². The van der Waals surface area contributed by atoms with Crippen molar-refractivity contribution in [2.24, 2.45) is 0 Å². The van der Waals surface area contributed by atoms with Gasteiger partial charge in [0.1, 0.15) is 0 Å². The Labute approximate surface area is 112 Å². The van der Waals surface area contributed by atoms with E-state index < -0.39 is 0 Å². The zero-order valence-electron chi connectivity index (χ0n) is 11.0. The molecule has 1 aromatic rings. The van der Waals surface area contributed by atoms with Crippen LogP contribution in [0.1, 0.15) is 31.2 Å². The first kappa shape index (κ1) is 12.4. The number of rotatable bonds is 2. The molecule has 19 heavy (non-hydrogen) atoms. The second kappa shape index (κ2) is 4.49. The first-order valence-electron chi connectivity index (χ1n) is 6.77. The highest BCUT2D eigenvalue weighted by molar-refractivity contribution is 5.59. The first-order valence-corrected chi connectivity index (χ1v) is 6.77. The van der Waals surface area contributed by atoms with Gasteiger partial charge >= 0.3 is 0 Å². The molecule has 0 aliphatic carbocycles. The van der Waals surface area contributed by atoms with E-state index >= 15 is 0 Å². The summed E-state index contributed by atoms with van der Waals surface area (Å²) < 4.78 is 0. The zero-order chi connectivity index (χ0) is 13.6. The summed E-state index contributed by atoms with van der Waals surface area (Å²) in [5.41, 5.74) is 2.18. The number of fused-ring (bicyclic) bond motifs is 2. The molecule has 2 aliphatic heterocycles. The molecule has 0 amide bonds. The van der Waals surface area contributed by atoms with Gasteiger partial charge in [-0.3, -0.25) is 10.1 Å². The maximum Gasteiger partial charge on any atom is 0.269 e. The van der Waals surface area contributed by atoms with Crippen molar-refractivity contribution in [3.05, 3.63) is 33.9 Å². The lowest BCUT2D eigenvalue weighted by molar-refractivity contribution is -0.384. The molecule has 1 aromatic carbocycles. The quantitative estimate of drug-likeness (QED) is 0.656. The third-order valence-corrected chi connectivity index (χ3v) is 4.38. The number of hydrogen-bond donors (Lipinski definition) is 1. The number of non-ortho nitro benzene ring substituents is 1. The molecule has 102 valence electrons. The highest BCUT2D eigenvalue weighted by Crippen LogP contribution is 2.41. The second-order valence-electron chi connectivity index (χ2n) is 5.65. The number of piperidine rings is 1. The average Bonchev–Trinajstić information content (AvgIpc) is 2.62. The van der Waals surface area contributed by atoms with Gasteiger partial charge < -0.3 is 10.0 Å². The van der Waals surface area contributed by atoms with Gasteiger partial charge in [0.15, 0.2) is 0 Å². The van der Waals surface area contributed by atoms with Crippen molar-refractivity contribution < 1.29 is 10.0 Å². The molecule has 2 aliphatic rings. The van der Waals surface area contributed by atoms with E-state index in [9.17, 15) is 15.2 Å². The number of aryl methyl sites for hydroxylation is 1. The van der Waals surface area contributed by atoms with E-state index in [1.54, 1.807) is 12.1 Å². The third-order valence-electron chi connectivity index (χ3n) is 4.38. The summed E-state index contributed by atoms with van der Waals surface area (Å²) in [5, 5.41) is 20.6. The Bertz CT molecular complexity index is 503. The van der Waals surface area contributed by atoms with Crippen LogP contribution in [0.5, 0.6) is 0 Å². The van der Waals surface area contributed by atoms with Gasteiger partial charge in [-0.25, -0.2) is 0 Å². The predicted octanol–water partition coefficient (Wildman–Crippen LogP) is 2.40. The molecule has 2 atom stereocenters. The molecule has 0 spiro atoms. The van der Waals surface area contributed by atoms with Crippen LogP contribution >= 0.6 is 0 Å². The molecular weight excluding hydrogens is 244 g/mol. The van der Waals surface area contributed by atoms with Crippen molar-refractivity contribution in [3.63, 3.8) is 0 Å². The van der Waals surface area contributed by atoms with E-state index in [0.717, 1.165) is 36.9 Å². The van der Waals surface area contributed by atoms with Crippen LogP contribution in [0.4, 0.5) is 11.4 Å². The fourth-order valence-electron chi connectivity index (χ4n) is 3.58. The van der Waals surface area contributed by atoms with E-state index in [1.807, 2.05) is 13.0 Å². The van der Waals surface area contributed by atoms with E-state index in [4.69, 9.17) is 0 Å². The van der Waals surface area contributed by atoms with Gasteiger partial charge in [-0.15, -0.1) is 0 Å². The number of aliphatic hydroxyl groups excluding tert-OH is 1. The van der Waals surface area contributed by atoms with Gasteiger partial charge in [-0.1, -0.05) is 0 Å². The largest absolute Gasteiger partial charge is 0.393 e. The van der Waals surface area contributed by atoms with Gasteiger partial charge in [-0.2, -0.15) is 0 Å². The number of aliphatic hydroxyl groups is 1. The number of anilines is 1. The van der Waals surface area contributed by atoms with Gasteiger partial charge in [0.25, 0.3) is 5.69 Å². The van der Waals surface area contributed by atoms with E-state index in [2.05, 4.69) is 4.90 Å². The number of nitro benzene ring substituents is 1. The highest BCUT2D eigenvalue weighted by atomic mass is 16.6. The number of hydrogen-bond acceptors (Lipinski definition) is 4. The van der Waals surface area contributed by atoms with Gasteiger partial charge in [0.05, 0.1) is 11.0 Å². The molecule has 0 aromatic heterocycles. The summed E-state index contributed by atoms with van der Waals surface area (Å²) in [6, 6.07) is 5.84. The SMILES string of the molecule is Cc1cc([N+](=O)[O-])ccc1N1C2CCC1CC(O)C2. The second-order valence-corrected chi connectivity index (χ2v) is 5.65. The van der Waals surface area contributed by atoms with Crippen molar-refractivity contribution in [1.29, 1.82) is 0 Å². The van der Waals surface area contributed by atoms with E-state index in [1.165, 1.54) is 0 Å². The number of nitro groups is 1. The Morgan fingerprint density at radius 3 is 2.47 bits per heavy atom. The molecule has 5 heteroatoms. The summed E-state index contributed by atoms with van der Waals surface area (Å²) in [5.74, 6) is 0. The number of nitrogens with zero attached hydrogens (tertiary/aromatic N) is 2. The minimum Gasteiger partial charge on any atom is -0.393 e. The summed E-state index contributed by atoms with van der Waals surface area (Å²) in [6.07, 6.45) is 3.66. The molecular formula is C14H18N2O3. The zero-order valence-corrected chi connectivity index (χ0v) is 11.0. The van der Waals surface area contributed by atoms with Gasteiger partial charge in [0.2, 0.25) is 0 Å². The molecule has 2 unspecified atom stereocenters. The summed E-state index contributed by atoms with van der Waals surface area (Å²) in [4.78, 5) is 12.8. The maximum atomic E-state index is 10.8. The molecule has 2 heterocycles. The topological polar surface area (TPSA) is 66.6 Å². The Hall–Kier alpha value is -1.62. The van der Waals surface area contributed by atoms with E-state index in [0.29, 0.717) is 12.1 Å². The molecule has 2 saturated heterocycles. The molecule has 0 saturated carbocycles. The number of benzene rings is 1. The minimum absolute atomic E-state index is 0.144. The highest BCUT2D eigenvalue weighted by Gasteiger charge is 2.40. The summed E-state index contributed by atoms with van der Waals surface area (Å²) in [6.45, 7) is 1.92. The third kappa shape index (κ3) is 2.08. The fourth-order valence-corrected chi connectivity index (χ4v) is 3.58. The smallest absolute Gasteiger partial charge is 0.269 e. The van der Waals surface area contributed by atoms with Crippen LogP contribution in [0.15, 0.2) is 18.2 Å². The van der Waals surface area contributed by atoms with Crippen molar-refractivity contribution in [3.8, 4) is 0 Å². The Kier molecular flexibility index (Phi) is 2.93. The van der Waals surface area contributed by atoms with Crippen LogP contribution in [-0.2, 0) is 0 Å². The first-order chi connectivity index (χ1) is 9.06. The molecule has 0 radical (unpaired) electrons. The Morgan fingerprint density at radius 2 is 1.95 bits per heavy atom. The normalized spacial score (nSPS) is 29.6. The van der Waals surface area contributed by atoms with Crippen molar-refractivity contribution in [1.82, 2.24) is 0 Å². The predicted molar refractivity (Wildman–Crippen MR) is 72.4 cm³/mol. The Morgan fingerprint density at radius 1 is 1.32 bits per heavy atom. The van der Waals surface area contributed by atoms with Crippen LogP contribution in [-0.4, -0.2) is 28.2 Å². The van der Waals surface area contributed by atoms with Crippen LogP contribution in [0, 0.1) is 17.0 Å². The summed E-state index contributed by atoms with van der Waals surface area (Å²) >= 11 is 0. The molecule has 2 bridgehead atoms. The van der Waals surface area contributed by atoms with Crippen LogP contribution in [0.3, 0.4) is 0 Å². The lowest BCUT2D eigenvalue weighted by Gasteiger charge is -2.39. The van der Waals surface area contributed by atoms with Crippen molar-refractivity contribution in [2.75, 3.05) is 4.90 Å². The molecule has 3 rings (SSSR count). The molecule has 5 nitrogen and oxygen atoms in total. The monoisotopic (exact) mass is 262 g/mol. The average molecular weight is 262 g/mol. The van der Waals surface area contributed by atoms with Crippen LogP contribution < -0.4 is 4.90 Å².